The van der Waals surface area contributed by atoms with Crippen molar-refractivity contribution in [3.8, 4) is 28.7 Å². The number of rotatable bonds is 8. The van der Waals surface area contributed by atoms with E-state index < -0.39 is 13.6 Å². The van der Waals surface area contributed by atoms with Gasteiger partial charge in [-0.15, -0.1) is 0 Å². The fourth-order valence-corrected chi connectivity index (χ4v) is 2.80. The van der Waals surface area contributed by atoms with E-state index in [-0.39, 0.29) is 53.6 Å². The van der Waals surface area contributed by atoms with E-state index in [2.05, 4.69) is 4.52 Å². The van der Waals surface area contributed by atoms with Crippen LogP contribution < -0.4 is 53.0 Å². The maximum atomic E-state index is 12.9. The van der Waals surface area contributed by atoms with E-state index in [1.807, 2.05) is 0 Å². The van der Waals surface area contributed by atoms with Gasteiger partial charge in [-0.25, -0.2) is 4.57 Å². The molecule has 2 aromatic carbocycles. The van der Waals surface area contributed by atoms with Crippen LogP contribution in [0.1, 0.15) is 17.3 Å². The van der Waals surface area contributed by atoms with Crippen molar-refractivity contribution in [3.63, 3.8) is 0 Å². The number of ketones is 1. The van der Waals surface area contributed by atoms with Crippen molar-refractivity contribution in [1.82, 2.24) is 0 Å². The Morgan fingerprint density at radius 1 is 0.821 bits per heavy atom. The van der Waals surface area contributed by atoms with Gasteiger partial charge in [0.2, 0.25) is 5.75 Å². The molecule has 0 bridgehead atoms. The minimum Gasteiger partial charge on any atom is -1.00 e. The Morgan fingerprint density at radius 2 is 1.32 bits per heavy atom. The molecule has 0 fully saturated rings. The smallest absolute Gasteiger partial charge is 1.00 e. The van der Waals surface area contributed by atoms with Crippen molar-refractivity contribution in [1.29, 1.82) is 0 Å². The second kappa shape index (κ2) is 10.2. The molecule has 2 rings (SSSR count). The predicted molar refractivity (Wildman–Crippen MR) is 96.3 cm³/mol. The molecular formula is C17H20NaO9P. The normalized spacial score (nSPS) is 10.5. The number of methoxy groups -OCH3 is 4. The van der Waals surface area contributed by atoms with E-state index in [4.69, 9.17) is 28.7 Å². The van der Waals surface area contributed by atoms with Crippen molar-refractivity contribution in [2.45, 2.75) is 0 Å². The van der Waals surface area contributed by atoms with Gasteiger partial charge in [-0.05, 0) is 30.3 Å². The molecule has 0 radical (unpaired) electrons. The van der Waals surface area contributed by atoms with Gasteiger partial charge in [0.1, 0.15) is 0 Å². The summed E-state index contributed by atoms with van der Waals surface area (Å²) in [5.41, 5.74) is 0.338. The maximum Gasteiger partial charge on any atom is 1.00 e. The Morgan fingerprint density at radius 3 is 1.75 bits per heavy atom. The first-order chi connectivity index (χ1) is 12.7. The molecule has 9 nitrogen and oxygen atoms in total. The summed E-state index contributed by atoms with van der Waals surface area (Å²) in [6.07, 6.45) is 0. The minimum atomic E-state index is -4.83. The minimum absolute atomic E-state index is 0. The van der Waals surface area contributed by atoms with Crippen LogP contribution in [0.15, 0.2) is 30.3 Å². The van der Waals surface area contributed by atoms with Gasteiger partial charge in [0, 0.05) is 11.1 Å². The molecule has 0 saturated carbocycles. The van der Waals surface area contributed by atoms with Gasteiger partial charge in [-0.3, -0.25) is 14.6 Å². The fourth-order valence-electron chi connectivity index (χ4n) is 2.40. The van der Waals surface area contributed by atoms with Gasteiger partial charge >= 0.3 is 37.4 Å². The first-order valence-electron chi connectivity index (χ1n) is 7.52. The van der Waals surface area contributed by atoms with Crippen LogP contribution in [0, 0.1) is 0 Å². The summed E-state index contributed by atoms with van der Waals surface area (Å²) in [5.74, 6) is 0.272. The summed E-state index contributed by atoms with van der Waals surface area (Å²) in [7, 11) is 0.759. The quantitative estimate of drug-likeness (QED) is 0.331. The van der Waals surface area contributed by atoms with E-state index in [0.717, 1.165) is 0 Å². The topological polar surface area (TPSA) is 121 Å². The Hall–Kier alpha value is -1.74. The van der Waals surface area contributed by atoms with Gasteiger partial charge in [-0.2, -0.15) is 0 Å². The maximum absolute atomic E-state index is 12.9. The number of phosphoric acid groups is 1. The molecular weight excluding hydrogens is 402 g/mol. The molecule has 0 aromatic heterocycles. The van der Waals surface area contributed by atoms with Crippen molar-refractivity contribution < 1.29 is 73.6 Å². The van der Waals surface area contributed by atoms with Crippen molar-refractivity contribution in [3.05, 3.63) is 41.5 Å². The molecule has 2 aromatic rings. The van der Waals surface area contributed by atoms with Crippen molar-refractivity contribution >= 4 is 13.6 Å². The van der Waals surface area contributed by atoms with Crippen LogP contribution in [-0.2, 0) is 4.57 Å². The Balaban J connectivity index is 0.00000392. The summed E-state index contributed by atoms with van der Waals surface area (Å²) >= 11 is 0. The predicted octanol–water partition coefficient (Wildman–Crippen LogP) is -0.460. The van der Waals surface area contributed by atoms with Gasteiger partial charge < -0.3 is 24.9 Å². The number of carbonyl (C=O) groups is 1. The Labute approximate surface area is 185 Å². The third kappa shape index (κ3) is 5.64. The molecule has 0 aliphatic carbocycles. The van der Waals surface area contributed by atoms with Crippen LogP contribution in [0.2, 0.25) is 0 Å². The molecule has 0 spiro atoms. The molecule has 0 heterocycles. The summed E-state index contributed by atoms with van der Waals surface area (Å²) in [6.45, 7) is 0. The van der Waals surface area contributed by atoms with Gasteiger partial charge in [0.05, 0.1) is 28.4 Å². The Kier molecular flexibility index (Phi) is 8.81. The molecule has 2 N–H and O–H groups in total. The van der Waals surface area contributed by atoms with E-state index in [1.165, 1.54) is 58.8 Å². The average molecular weight is 422 g/mol. The fraction of sp³-hybridized carbons (Fsp3) is 0.235. The molecule has 11 heteroatoms. The standard InChI is InChI=1S/C17H19O9P.Na.H/c1-22-12-6-5-10(7-13(12)26-27(19,20)21)16(18)11-8-14(23-2)17(25-4)15(9-11)24-3;;/h5-9H,1-4H3,(H2,19,20,21);;/q;+1;-1. The zero-order valence-corrected chi connectivity index (χ0v) is 19.0. The zero-order valence-electron chi connectivity index (χ0n) is 17.1. The van der Waals surface area contributed by atoms with E-state index in [9.17, 15) is 9.36 Å². The number of benzene rings is 2. The second-order valence-corrected chi connectivity index (χ2v) is 6.35. The molecule has 0 unspecified atom stereocenters. The van der Waals surface area contributed by atoms with Crippen LogP contribution in [0.3, 0.4) is 0 Å². The molecule has 0 amide bonds. The van der Waals surface area contributed by atoms with Crippen LogP contribution in [-0.4, -0.2) is 44.0 Å². The zero-order chi connectivity index (χ0) is 20.2. The van der Waals surface area contributed by atoms with E-state index >= 15 is 0 Å². The average Bonchev–Trinajstić information content (AvgIpc) is 2.64. The van der Waals surface area contributed by atoms with E-state index in [1.54, 1.807) is 0 Å². The third-order valence-electron chi connectivity index (χ3n) is 3.57. The van der Waals surface area contributed by atoms with Crippen LogP contribution >= 0.6 is 7.82 Å². The molecule has 0 saturated heterocycles. The monoisotopic (exact) mass is 422 g/mol. The molecule has 148 valence electrons. The summed E-state index contributed by atoms with van der Waals surface area (Å²) in [4.78, 5) is 30.9. The molecule has 0 aliphatic heterocycles. The molecule has 0 atom stereocenters. The van der Waals surface area contributed by atoms with Crippen LogP contribution in [0.5, 0.6) is 28.7 Å². The number of carbonyl (C=O) groups excluding carboxylic acids is 1. The van der Waals surface area contributed by atoms with Crippen LogP contribution in [0.4, 0.5) is 0 Å². The van der Waals surface area contributed by atoms with Gasteiger partial charge in [-0.1, -0.05) is 0 Å². The summed E-state index contributed by atoms with van der Waals surface area (Å²) in [6, 6.07) is 6.94. The second-order valence-electron chi connectivity index (χ2n) is 5.19. The van der Waals surface area contributed by atoms with Crippen LogP contribution in [0.25, 0.3) is 0 Å². The summed E-state index contributed by atoms with van der Waals surface area (Å²) < 4.78 is 36.4. The third-order valence-corrected chi connectivity index (χ3v) is 4.00. The summed E-state index contributed by atoms with van der Waals surface area (Å²) in [5, 5.41) is 0. The van der Waals surface area contributed by atoms with Gasteiger partial charge in [0.15, 0.2) is 28.8 Å². The first kappa shape index (κ1) is 24.3. The van der Waals surface area contributed by atoms with Crippen molar-refractivity contribution in [2.24, 2.45) is 0 Å². The largest absolute Gasteiger partial charge is 1.00 e. The molecule has 0 aliphatic rings. The van der Waals surface area contributed by atoms with Crippen molar-refractivity contribution in [2.75, 3.05) is 28.4 Å². The SMILES string of the molecule is COc1ccc(C(=O)c2cc(OC)c(OC)c(OC)c2)cc1OP(=O)(O)O.[H-].[Na+]. The molecule has 28 heavy (non-hydrogen) atoms. The number of hydrogen-bond acceptors (Lipinski definition) is 7. The number of phosphoric ester groups is 1. The first-order valence-corrected chi connectivity index (χ1v) is 9.05. The number of hydrogen-bond donors (Lipinski definition) is 2. The van der Waals surface area contributed by atoms with Gasteiger partial charge in [0.25, 0.3) is 0 Å². The number of ether oxygens (including phenoxy) is 4. The Bertz CT molecular complexity index is 875. The van der Waals surface area contributed by atoms with E-state index in [0.29, 0.717) is 17.2 Å².